The van der Waals surface area contributed by atoms with Gasteiger partial charge in [0, 0.05) is 32.1 Å². The molecule has 0 radical (unpaired) electrons. The lowest BCUT2D eigenvalue weighted by Gasteiger charge is -2.38. The molecule has 0 saturated carbocycles. The lowest BCUT2D eigenvalue weighted by Crippen LogP contribution is -2.51. The molecular weight excluding hydrogens is 190 g/mol. The molecule has 1 aliphatic heterocycles. The van der Waals surface area contributed by atoms with E-state index in [0.29, 0.717) is 6.42 Å². The molecule has 1 unspecified atom stereocenters. The molecule has 88 valence electrons. The molecule has 0 aromatic heterocycles. The monoisotopic (exact) mass is 213 g/mol. The first kappa shape index (κ1) is 12.5. The molecule has 1 aliphatic rings. The molecular formula is C11H23N3O. The van der Waals surface area contributed by atoms with Crippen LogP contribution in [0.25, 0.3) is 0 Å². The van der Waals surface area contributed by atoms with Gasteiger partial charge in [-0.05, 0) is 26.2 Å². The first-order valence-electron chi connectivity index (χ1n) is 5.96. The number of carbonyl (C=O) groups excluding carboxylic acids is 1. The van der Waals surface area contributed by atoms with E-state index in [4.69, 9.17) is 5.73 Å². The molecule has 1 rings (SSSR count). The van der Waals surface area contributed by atoms with E-state index >= 15 is 0 Å². The fraction of sp³-hybridized carbons (Fsp3) is 0.909. The molecule has 0 aromatic rings. The van der Waals surface area contributed by atoms with E-state index in [0.717, 1.165) is 38.9 Å². The molecule has 1 saturated heterocycles. The highest BCUT2D eigenvalue weighted by Gasteiger charge is 2.24. The highest BCUT2D eigenvalue weighted by Crippen LogP contribution is 2.13. The fourth-order valence-corrected chi connectivity index (χ4v) is 1.90. The average molecular weight is 213 g/mol. The van der Waals surface area contributed by atoms with Crippen molar-refractivity contribution in [3.8, 4) is 0 Å². The summed E-state index contributed by atoms with van der Waals surface area (Å²) in [5, 5.41) is 4.07. The molecule has 1 atom stereocenters. The molecule has 1 fully saturated rings. The summed E-state index contributed by atoms with van der Waals surface area (Å²) >= 11 is 0. The third-order valence-corrected chi connectivity index (χ3v) is 2.71. The number of nitrogens with two attached hydrogens (primary N) is 1. The SMILES string of the molecule is CCCN1CCCC(=O)N1CCC(C)N. The first-order valence-corrected chi connectivity index (χ1v) is 5.96. The van der Waals surface area contributed by atoms with Crippen molar-refractivity contribution in [2.45, 2.75) is 45.6 Å². The second-order valence-electron chi connectivity index (χ2n) is 4.34. The van der Waals surface area contributed by atoms with Gasteiger partial charge < -0.3 is 5.73 Å². The fourth-order valence-electron chi connectivity index (χ4n) is 1.90. The quantitative estimate of drug-likeness (QED) is 0.740. The van der Waals surface area contributed by atoms with Crippen LogP contribution in [0, 0.1) is 0 Å². The molecule has 0 bridgehead atoms. The summed E-state index contributed by atoms with van der Waals surface area (Å²) in [4.78, 5) is 11.7. The summed E-state index contributed by atoms with van der Waals surface area (Å²) in [7, 11) is 0. The van der Waals surface area contributed by atoms with Crippen LogP contribution in [0.1, 0.15) is 39.5 Å². The Hall–Kier alpha value is -0.610. The number of hydrogen-bond acceptors (Lipinski definition) is 3. The third-order valence-electron chi connectivity index (χ3n) is 2.71. The maximum Gasteiger partial charge on any atom is 0.236 e. The first-order chi connectivity index (χ1) is 7.15. The minimum atomic E-state index is 0.170. The maximum atomic E-state index is 11.7. The number of amides is 1. The Labute approximate surface area is 92.4 Å². The highest BCUT2D eigenvalue weighted by atomic mass is 16.2. The number of hydrogen-bond donors (Lipinski definition) is 1. The number of rotatable bonds is 5. The van der Waals surface area contributed by atoms with E-state index in [1.165, 1.54) is 0 Å². The Morgan fingerprint density at radius 1 is 1.47 bits per heavy atom. The van der Waals surface area contributed by atoms with Crippen molar-refractivity contribution in [2.24, 2.45) is 5.73 Å². The molecule has 0 aromatic carbocycles. The zero-order valence-electron chi connectivity index (χ0n) is 9.91. The summed E-state index contributed by atoms with van der Waals surface area (Å²) in [6.07, 6.45) is 3.65. The third kappa shape index (κ3) is 3.80. The summed E-state index contributed by atoms with van der Waals surface area (Å²) < 4.78 is 0. The van der Waals surface area contributed by atoms with Crippen LogP contribution in [-0.2, 0) is 4.79 Å². The maximum absolute atomic E-state index is 11.7. The Kier molecular flexibility index (Phi) is 5.05. The molecule has 1 amide bonds. The van der Waals surface area contributed by atoms with Gasteiger partial charge in [0.25, 0.3) is 0 Å². The summed E-state index contributed by atoms with van der Waals surface area (Å²) in [5.74, 6) is 0.260. The molecule has 2 N–H and O–H groups in total. The molecule has 4 heteroatoms. The van der Waals surface area contributed by atoms with Crippen molar-refractivity contribution in [2.75, 3.05) is 19.6 Å². The van der Waals surface area contributed by atoms with Gasteiger partial charge >= 0.3 is 0 Å². The summed E-state index contributed by atoms with van der Waals surface area (Å²) in [5.41, 5.74) is 5.72. The van der Waals surface area contributed by atoms with Gasteiger partial charge in [0.2, 0.25) is 5.91 Å². The second kappa shape index (κ2) is 6.08. The van der Waals surface area contributed by atoms with Crippen molar-refractivity contribution in [1.82, 2.24) is 10.0 Å². The van der Waals surface area contributed by atoms with E-state index in [1.807, 2.05) is 11.9 Å². The number of hydrazine groups is 1. The second-order valence-corrected chi connectivity index (χ2v) is 4.34. The van der Waals surface area contributed by atoms with Crippen molar-refractivity contribution < 1.29 is 4.79 Å². The topological polar surface area (TPSA) is 49.6 Å². The van der Waals surface area contributed by atoms with Gasteiger partial charge in [-0.3, -0.25) is 9.80 Å². The van der Waals surface area contributed by atoms with Crippen molar-refractivity contribution in [3.63, 3.8) is 0 Å². The van der Waals surface area contributed by atoms with Crippen LogP contribution < -0.4 is 5.73 Å². The van der Waals surface area contributed by atoms with Gasteiger partial charge in [0.1, 0.15) is 0 Å². The average Bonchev–Trinajstić information content (AvgIpc) is 2.17. The normalized spacial score (nSPS) is 20.7. The van der Waals surface area contributed by atoms with E-state index in [9.17, 15) is 4.79 Å². The Morgan fingerprint density at radius 2 is 2.20 bits per heavy atom. The van der Waals surface area contributed by atoms with Gasteiger partial charge in [0.15, 0.2) is 0 Å². The number of carbonyl (C=O) groups is 1. The van der Waals surface area contributed by atoms with Crippen LogP contribution in [0.2, 0.25) is 0 Å². The predicted octanol–water partition coefficient (Wildman–Crippen LogP) is 0.973. The Bertz CT molecular complexity index is 204. The van der Waals surface area contributed by atoms with E-state index in [1.54, 1.807) is 0 Å². The zero-order chi connectivity index (χ0) is 11.3. The van der Waals surface area contributed by atoms with Crippen LogP contribution in [0.4, 0.5) is 0 Å². The predicted molar refractivity (Wildman–Crippen MR) is 61.1 cm³/mol. The molecule has 4 nitrogen and oxygen atoms in total. The van der Waals surface area contributed by atoms with Gasteiger partial charge in [0.05, 0.1) is 0 Å². The van der Waals surface area contributed by atoms with Crippen molar-refractivity contribution >= 4 is 5.91 Å². The molecule has 0 aliphatic carbocycles. The Balaban J connectivity index is 2.48. The van der Waals surface area contributed by atoms with Crippen LogP contribution in [0.3, 0.4) is 0 Å². The van der Waals surface area contributed by atoms with E-state index in [-0.39, 0.29) is 11.9 Å². The largest absolute Gasteiger partial charge is 0.328 e. The molecule has 0 spiro atoms. The summed E-state index contributed by atoms with van der Waals surface area (Å²) in [6.45, 7) is 6.89. The van der Waals surface area contributed by atoms with Crippen LogP contribution >= 0.6 is 0 Å². The Morgan fingerprint density at radius 3 is 2.80 bits per heavy atom. The molecule has 1 heterocycles. The minimum Gasteiger partial charge on any atom is -0.328 e. The number of nitrogens with zero attached hydrogens (tertiary/aromatic N) is 2. The van der Waals surface area contributed by atoms with Crippen LogP contribution in [0.5, 0.6) is 0 Å². The zero-order valence-corrected chi connectivity index (χ0v) is 9.91. The smallest absolute Gasteiger partial charge is 0.236 e. The standard InChI is InChI=1S/C11H23N3O/c1-3-7-13-8-4-5-11(15)14(13)9-6-10(2)12/h10H,3-9,12H2,1-2H3. The minimum absolute atomic E-state index is 0.170. The van der Waals surface area contributed by atoms with E-state index < -0.39 is 0 Å². The van der Waals surface area contributed by atoms with Gasteiger partial charge in [-0.2, -0.15) is 0 Å². The van der Waals surface area contributed by atoms with Crippen LogP contribution in [0.15, 0.2) is 0 Å². The van der Waals surface area contributed by atoms with Gasteiger partial charge in [-0.1, -0.05) is 6.92 Å². The highest BCUT2D eigenvalue weighted by molar-refractivity contribution is 5.76. The lowest BCUT2D eigenvalue weighted by atomic mass is 10.2. The van der Waals surface area contributed by atoms with E-state index in [2.05, 4.69) is 11.9 Å². The molecule has 15 heavy (non-hydrogen) atoms. The van der Waals surface area contributed by atoms with Crippen molar-refractivity contribution in [3.05, 3.63) is 0 Å². The van der Waals surface area contributed by atoms with Gasteiger partial charge in [-0.15, -0.1) is 0 Å². The van der Waals surface area contributed by atoms with Gasteiger partial charge in [-0.25, -0.2) is 5.01 Å². The van der Waals surface area contributed by atoms with Crippen molar-refractivity contribution in [1.29, 1.82) is 0 Å². The summed E-state index contributed by atoms with van der Waals surface area (Å²) in [6, 6.07) is 0.170. The lowest BCUT2D eigenvalue weighted by molar-refractivity contribution is -0.155. The van der Waals surface area contributed by atoms with Crippen LogP contribution in [-0.4, -0.2) is 41.6 Å².